The predicted molar refractivity (Wildman–Crippen MR) is 228 cm³/mol. The molecule has 0 saturated heterocycles. The smallest absolute Gasteiger partial charge is 0.423 e. The summed E-state index contributed by atoms with van der Waals surface area (Å²) >= 11 is 0. The first-order valence-electron chi connectivity index (χ1n) is 20.3. The van der Waals surface area contributed by atoms with Crippen molar-refractivity contribution >= 4 is 44.9 Å². The van der Waals surface area contributed by atoms with Crippen molar-refractivity contribution in [2.24, 2.45) is 23.7 Å². The van der Waals surface area contributed by atoms with Crippen molar-refractivity contribution in [3.8, 4) is 44.5 Å². The third-order valence-electron chi connectivity index (χ3n) is 14.5. The first kappa shape index (κ1) is 31.8. The SMILES string of the molecule is OB(O)c1c2ccccc2c(-c2ccccc2-c2ccccc2-c2cc3c(c4ccccc24)-c2ccccc2C32C3CC4CC(C3)CC2C4)c2ccccc12. The molecule has 5 aliphatic carbocycles. The molecule has 264 valence electrons. The van der Waals surface area contributed by atoms with Crippen molar-refractivity contribution in [2.75, 3.05) is 0 Å². The average Bonchev–Trinajstić information content (AvgIpc) is 3.52. The highest BCUT2D eigenvalue weighted by molar-refractivity contribution is 6.66. The van der Waals surface area contributed by atoms with Crippen LogP contribution in [0.5, 0.6) is 0 Å². The van der Waals surface area contributed by atoms with Crippen molar-refractivity contribution in [3.05, 3.63) is 163 Å². The van der Waals surface area contributed by atoms with E-state index in [0.717, 1.165) is 44.5 Å². The first-order valence-corrected chi connectivity index (χ1v) is 20.3. The Morgan fingerprint density at radius 2 is 0.800 bits per heavy atom. The topological polar surface area (TPSA) is 40.5 Å². The summed E-state index contributed by atoms with van der Waals surface area (Å²) in [5, 5.41) is 27.8. The van der Waals surface area contributed by atoms with Gasteiger partial charge in [-0.15, -0.1) is 0 Å². The Bertz CT molecular complexity index is 2800. The van der Waals surface area contributed by atoms with Crippen LogP contribution in [0, 0.1) is 23.7 Å². The minimum Gasteiger partial charge on any atom is -0.423 e. The maximum atomic E-state index is 10.7. The first-order chi connectivity index (χ1) is 27.1. The normalized spacial score (nSPS) is 23.2. The molecule has 13 rings (SSSR count). The molecule has 8 aromatic rings. The Labute approximate surface area is 322 Å². The summed E-state index contributed by atoms with van der Waals surface area (Å²) in [5.41, 5.74) is 13.9. The minimum atomic E-state index is -1.59. The average molecular weight is 709 g/mol. The fourth-order valence-electron chi connectivity index (χ4n) is 12.8. The second-order valence-corrected chi connectivity index (χ2v) is 17.0. The molecule has 0 radical (unpaired) electrons. The highest BCUT2D eigenvalue weighted by Crippen LogP contribution is 2.70. The molecule has 4 bridgehead atoms. The van der Waals surface area contributed by atoms with Crippen LogP contribution in [0.4, 0.5) is 0 Å². The molecule has 0 amide bonds. The molecular weight excluding hydrogens is 667 g/mol. The quantitative estimate of drug-likeness (QED) is 0.141. The third-order valence-corrected chi connectivity index (χ3v) is 14.5. The molecule has 55 heavy (non-hydrogen) atoms. The molecular formula is C52H41BO2. The van der Waals surface area contributed by atoms with Gasteiger partial charge in [0.25, 0.3) is 0 Å². The van der Waals surface area contributed by atoms with Crippen LogP contribution in [0.2, 0.25) is 0 Å². The minimum absolute atomic E-state index is 0.0713. The van der Waals surface area contributed by atoms with Gasteiger partial charge >= 0.3 is 7.12 Å². The summed E-state index contributed by atoms with van der Waals surface area (Å²) in [7, 11) is -1.59. The highest BCUT2D eigenvalue weighted by atomic mass is 16.4. The summed E-state index contributed by atoms with van der Waals surface area (Å²) < 4.78 is 0. The Morgan fingerprint density at radius 1 is 0.382 bits per heavy atom. The Kier molecular flexibility index (Phi) is 6.81. The van der Waals surface area contributed by atoms with E-state index in [-0.39, 0.29) is 5.41 Å². The Morgan fingerprint density at radius 3 is 1.36 bits per heavy atom. The van der Waals surface area contributed by atoms with E-state index in [2.05, 4.69) is 127 Å². The van der Waals surface area contributed by atoms with E-state index < -0.39 is 7.12 Å². The maximum absolute atomic E-state index is 10.7. The molecule has 2 N–H and O–H groups in total. The van der Waals surface area contributed by atoms with Gasteiger partial charge in [0.15, 0.2) is 0 Å². The highest BCUT2D eigenvalue weighted by Gasteiger charge is 2.61. The Balaban J connectivity index is 1.14. The maximum Gasteiger partial charge on any atom is 0.489 e. The van der Waals surface area contributed by atoms with E-state index in [9.17, 15) is 10.0 Å². The fraction of sp³-hybridized carbons (Fsp3) is 0.192. The van der Waals surface area contributed by atoms with Gasteiger partial charge in [0.2, 0.25) is 0 Å². The molecule has 3 heteroatoms. The van der Waals surface area contributed by atoms with Crippen LogP contribution in [0.15, 0.2) is 152 Å². The van der Waals surface area contributed by atoms with Gasteiger partial charge in [-0.2, -0.15) is 0 Å². The molecule has 4 saturated carbocycles. The van der Waals surface area contributed by atoms with Crippen LogP contribution in [0.25, 0.3) is 76.8 Å². The summed E-state index contributed by atoms with van der Waals surface area (Å²) in [6.07, 6.45) is 6.89. The van der Waals surface area contributed by atoms with Gasteiger partial charge in [-0.05, 0) is 155 Å². The number of fused-ring (bicyclic) bond motifs is 7. The van der Waals surface area contributed by atoms with Gasteiger partial charge in [0.05, 0.1) is 0 Å². The molecule has 0 atom stereocenters. The van der Waals surface area contributed by atoms with Crippen molar-refractivity contribution in [1.29, 1.82) is 0 Å². The fourth-order valence-corrected chi connectivity index (χ4v) is 12.8. The number of benzene rings is 8. The van der Waals surface area contributed by atoms with Crippen molar-refractivity contribution < 1.29 is 10.0 Å². The summed E-state index contributed by atoms with van der Waals surface area (Å²) in [6, 6.07) is 55.5. The molecule has 0 aliphatic heterocycles. The largest absolute Gasteiger partial charge is 0.489 e. The lowest BCUT2D eigenvalue weighted by Crippen LogP contribution is -2.55. The van der Waals surface area contributed by atoms with Gasteiger partial charge in [0.1, 0.15) is 0 Å². The number of rotatable bonds is 4. The van der Waals surface area contributed by atoms with Gasteiger partial charge in [-0.1, -0.05) is 146 Å². The number of hydrogen-bond donors (Lipinski definition) is 2. The van der Waals surface area contributed by atoms with E-state index in [4.69, 9.17) is 0 Å². The predicted octanol–water partition coefficient (Wildman–Crippen LogP) is 11.5. The molecule has 1 spiro atoms. The number of hydrogen-bond acceptors (Lipinski definition) is 2. The molecule has 8 aromatic carbocycles. The lowest BCUT2D eigenvalue weighted by atomic mass is 9.43. The molecule has 2 nitrogen and oxygen atoms in total. The van der Waals surface area contributed by atoms with Crippen molar-refractivity contribution in [2.45, 2.75) is 37.5 Å². The van der Waals surface area contributed by atoms with Crippen LogP contribution in [-0.2, 0) is 5.41 Å². The van der Waals surface area contributed by atoms with Gasteiger partial charge < -0.3 is 10.0 Å². The van der Waals surface area contributed by atoms with Crippen molar-refractivity contribution in [1.82, 2.24) is 0 Å². The summed E-state index contributed by atoms with van der Waals surface area (Å²) in [6.45, 7) is 0. The van der Waals surface area contributed by atoms with Crippen LogP contribution in [0.3, 0.4) is 0 Å². The van der Waals surface area contributed by atoms with Crippen LogP contribution >= 0.6 is 0 Å². The third kappa shape index (κ3) is 4.29. The van der Waals surface area contributed by atoms with Crippen LogP contribution in [-0.4, -0.2) is 17.2 Å². The van der Waals surface area contributed by atoms with Crippen LogP contribution in [0.1, 0.15) is 43.2 Å². The molecule has 0 heterocycles. The zero-order valence-corrected chi connectivity index (χ0v) is 30.8. The van der Waals surface area contributed by atoms with Crippen LogP contribution < -0.4 is 5.46 Å². The van der Waals surface area contributed by atoms with Crippen molar-refractivity contribution in [3.63, 3.8) is 0 Å². The standard InChI is InChI=1S/C52H41BO2/c54-53(55)51-43-21-9-7-19-41(43)49(42-20-8-10-22-44(42)51)39-17-5-3-14-36(39)35-13-1-2-15-37(35)46-30-48-50(40-18-6-4-16-38(40)46)45-23-11-12-24-47(45)52(48)33-26-31-25-32(28-33)29-34(52)27-31/h1-24,30-34,54-55H,25-29H2. The van der Waals surface area contributed by atoms with E-state index in [1.165, 1.54) is 76.3 Å². The Hall–Kier alpha value is -5.48. The molecule has 0 aromatic heterocycles. The second-order valence-electron chi connectivity index (χ2n) is 17.0. The van der Waals surface area contributed by atoms with E-state index >= 15 is 0 Å². The second kappa shape index (κ2) is 11.8. The van der Waals surface area contributed by atoms with Gasteiger partial charge in [-0.25, -0.2) is 0 Å². The van der Waals surface area contributed by atoms with E-state index in [0.29, 0.717) is 17.3 Å². The monoisotopic (exact) mass is 708 g/mol. The summed E-state index contributed by atoms with van der Waals surface area (Å²) in [4.78, 5) is 0. The zero-order valence-electron chi connectivity index (χ0n) is 30.8. The zero-order chi connectivity index (χ0) is 36.4. The van der Waals surface area contributed by atoms with Gasteiger partial charge in [0, 0.05) is 5.41 Å². The molecule has 5 aliphatic rings. The lowest BCUT2D eigenvalue weighted by Gasteiger charge is -2.61. The summed E-state index contributed by atoms with van der Waals surface area (Å²) in [5.74, 6) is 3.17. The molecule has 0 unspecified atom stereocenters. The van der Waals surface area contributed by atoms with Gasteiger partial charge in [-0.3, -0.25) is 0 Å². The van der Waals surface area contributed by atoms with E-state index in [1.54, 1.807) is 11.1 Å². The lowest BCUT2D eigenvalue weighted by molar-refractivity contribution is -0.0399. The molecule has 4 fully saturated rings. The van der Waals surface area contributed by atoms with E-state index in [1.807, 2.05) is 24.3 Å².